The first-order valence-corrected chi connectivity index (χ1v) is 7.84. The molecule has 0 unspecified atom stereocenters. The molecule has 18 heavy (non-hydrogen) atoms. The molecule has 0 N–H and O–H groups in total. The number of morpholine rings is 1. The zero-order chi connectivity index (χ0) is 13.3. The summed E-state index contributed by atoms with van der Waals surface area (Å²) in [5.41, 5.74) is 0. The van der Waals surface area contributed by atoms with Gasteiger partial charge in [0.2, 0.25) is 0 Å². The fourth-order valence-electron chi connectivity index (χ4n) is 1.97. The predicted octanol–water partition coefficient (Wildman–Crippen LogP) is 1.42. The first-order valence-electron chi connectivity index (χ1n) is 5.59. The summed E-state index contributed by atoms with van der Waals surface area (Å²) in [6.07, 6.45) is -0.224. The van der Waals surface area contributed by atoms with Crippen LogP contribution in [0.15, 0.2) is 16.3 Å². The summed E-state index contributed by atoms with van der Waals surface area (Å²) in [5.74, 6) is 0. The predicted molar refractivity (Wildman–Crippen MR) is 67.8 cm³/mol. The smallest absolute Gasteiger partial charge is 0.252 e. The van der Waals surface area contributed by atoms with Crippen LogP contribution in [0.1, 0.15) is 18.7 Å². The fraction of sp³-hybridized carbons (Fsp3) is 0.545. The first-order chi connectivity index (χ1) is 8.43. The summed E-state index contributed by atoms with van der Waals surface area (Å²) in [6, 6.07) is 4.97. The Bertz CT molecular complexity index is 563. The van der Waals surface area contributed by atoms with E-state index in [9.17, 15) is 8.42 Å². The van der Waals surface area contributed by atoms with Gasteiger partial charge in [-0.2, -0.15) is 9.57 Å². The molecule has 2 atom stereocenters. The van der Waals surface area contributed by atoms with E-state index >= 15 is 0 Å². The summed E-state index contributed by atoms with van der Waals surface area (Å²) >= 11 is 1.00. The van der Waals surface area contributed by atoms with Crippen LogP contribution >= 0.6 is 11.3 Å². The molecule has 1 aromatic rings. The lowest BCUT2D eigenvalue weighted by Gasteiger charge is -2.34. The number of rotatable bonds is 2. The minimum atomic E-state index is -3.50. The molecule has 1 saturated heterocycles. The topological polar surface area (TPSA) is 70.4 Å². The molecule has 1 aliphatic rings. The lowest BCUT2D eigenvalue weighted by molar-refractivity contribution is -0.0440. The molecule has 1 aromatic heterocycles. The first kappa shape index (κ1) is 13.5. The van der Waals surface area contributed by atoms with E-state index in [0.29, 0.717) is 18.0 Å². The van der Waals surface area contributed by atoms with Gasteiger partial charge in [-0.3, -0.25) is 0 Å². The maximum absolute atomic E-state index is 12.4. The summed E-state index contributed by atoms with van der Waals surface area (Å²) < 4.78 is 31.9. The second kappa shape index (κ2) is 4.97. The van der Waals surface area contributed by atoms with Crippen LogP contribution in [0.25, 0.3) is 0 Å². The Labute approximate surface area is 111 Å². The molecule has 5 nitrogen and oxygen atoms in total. The second-order valence-electron chi connectivity index (χ2n) is 4.31. The lowest BCUT2D eigenvalue weighted by atomic mass is 10.3. The van der Waals surface area contributed by atoms with Crippen molar-refractivity contribution in [3.63, 3.8) is 0 Å². The van der Waals surface area contributed by atoms with Gasteiger partial charge < -0.3 is 4.74 Å². The van der Waals surface area contributed by atoms with E-state index < -0.39 is 10.0 Å². The molecule has 1 aliphatic heterocycles. The Kier molecular flexibility index (Phi) is 3.73. The van der Waals surface area contributed by atoms with Gasteiger partial charge in [0.05, 0.1) is 12.2 Å². The highest BCUT2D eigenvalue weighted by Crippen LogP contribution is 2.26. The Balaban J connectivity index is 2.28. The third-order valence-corrected chi connectivity index (χ3v) is 5.96. The van der Waals surface area contributed by atoms with Crippen molar-refractivity contribution in [1.29, 1.82) is 5.26 Å². The number of ether oxygens (including phenoxy) is 1. The molecule has 0 aromatic carbocycles. The molecule has 0 bridgehead atoms. The summed E-state index contributed by atoms with van der Waals surface area (Å²) in [5, 5.41) is 8.74. The standard InChI is InChI=1S/C11H14N2O3S2/c1-8-6-13(7-9(2)16-8)18(14,15)11-4-3-10(5-12)17-11/h3-4,8-9H,6-7H2,1-2H3/t8-,9+. The number of sulfonamides is 1. The van der Waals surface area contributed by atoms with Crippen LogP contribution in [0.3, 0.4) is 0 Å². The van der Waals surface area contributed by atoms with Crippen molar-refractivity contribution < 1.29 is 13.2 Å². The van der Waals surface area contributed by atoms with E-state index in [2.05, 4.69) is 0 Å². The van der Waals surface area contributed by atoms with Crippen LogP contribution < -0.4 is 0 Å². The monoisotopic (exact) mass is 286 g/mol. The highest BCUT2D eigenvalue weighted by Gasteiger charge is 2.33. The van der Waals surface area contributed by atoms with Gasteiger partial charge in [0.25, 0.3) is 10.0 Å². The van der Waals surface area contributed by atoms with E-state index in [1.807, 2.05) is 19.9 Å². The van der Waals surface area contributed by atoms with Gasteiger partial charge in [0.1, 0.15) is 15.2 Å². The molecular weight excluding hydrogens is 272 g/mol. The van der Waals surface area contributed by atoms with Crippen molar-refractivity contribution in [2.24, 2.45) is 0 Å². The number of nitriles is 1. The zero-order valence-electron chi connectivity index (χ0n) is 10.2. The van der Waals surface area contributed by atoms with Crippen molar-refractivity contribution in [2.75, 3.05) is 13.1 Å². The summed E-state index contributed by atoms with van der Waals surface area (Å²) in [6.45, 7) is 4.42. The fourth-order valence-corrected chi connectivity index (χ4v) is 4.82. The minimum absolute atomic E-state index is 0.112. The summed E-state index contributed by atoms with van der Waals surface area (Å²) in [4.78, 5) is 0.405. The number of nitrogens with zero attached hydrogens (tertiary/aromatic N) is 2. The number of hydrogen-bond acceptors (Lipinski definition) is 5. The Morgan fingerprint density at radius 2 is 2.00 bits per heavy atom. The quantitative estimate of drug-likeness (QED) is 0.824. The molecule has 0 saturated carbocycles. The van der Waals surface area contributed by atoms with Crippen LogP contribution in [0.2, 0.25) is 0 Å². The second-order valence-corrected chi connectivity index (χ2v) is 7.56. The van der Waals surface area contributed by atoms with E-state index in [1.54, 1.807) is 0 Å². The third kappa shape index (κ3) is 2.57. The van der Waals surface area contributed by atoms with Crippen molar-refractivity contribution in [3.8, 4) is 6.07 Å². The molecule has 2 rings (SSSR count). The third-order valence-electron chi connectivity index (χ3n) is 2.67. The van der Waals surface area contributed by atoms with E-state index in [0.717, 1.165) is 11.3 Å². The van der Waals surface area contributed by atoms with Gasteiger partial charge >= 0.3 is 0 Å². The average Bonchev–Trinajstić information content (AvgIpc) is 2.76. The highest BCUT2D eigenvalue weighted by atomic mass is 32.2. The van der Waals surface area contributed by atoms with Crippen LogP contribution in [0.4, 0.5) is 0 Å². The molecular formula is C11H14N2O3S2. The van der Waals surface area contributed by atoms with Crippen molar-refractivity contribution in [1.82, 2.24) is 4.31 Å². The lowest BCUT2D eigenvalue weighted by Crippen LogP contribution is -2.47. The van der Waals surface area contributed by atoms with Crippen molar-refractivity contribution >= 4 is 21.4 Å². The van der Waals surface area contributed by atoms with Gasteiger partial charge in [0, 0.05) is 13.1 Å². The van der Waals surface area contributed by atoms with Gasteiger partial charge in [0.15, 0.2) is 0 Å². The number of hydrogen-bond donors (Lipinski definition) is 0. The van der Waals surface area contributed by atoms with Crippen LogP contribution in [-0.4, -0.2) is 38.0 Å². The van der Waals surface area contributed by atoms with E-state index in [-0.39, 0.29) is 16.4 Å². The van der Waals surface area contributed by atoms with Crippen LogP contribution in [0, 0.1) is 11.3 Å². The molecule has 0 radical (unpaired) electrons. The Hall–Kier alpha value is -0.940. The normalized spacial score (nSPS) is 25.8. The SMILES string of the molecule is C[C@@H]1CN(S(=O)(=O)c2ccc(C#N)s2)C[C@H](C)O1. The van der Waals surface area contributed by atoms with Crippen molar-refractivity contribution in [3.05, 3.63) is 17.0 Å². The molecule has 0 aliphatic carbocycles. The van der Waals surface area contributed by atoms with E-state index in [1.165, 1.54) is 16.4 Å². The van der Waals surface area contributed by atoms with Crippen LogP contribution in [0.5, 0.6) is 0 Å². The minimum Gasteiger partial charge on any atom is -0.373 e. The molecule has 2 heterocycles. The highest BCUT2D eigenvalue weighted by molar-refractivity contribution is 7.91. The largest absolute Gasteiger partial charge is 0.373 e. The Morgan fingerprint density at radius 1 is 1.39 bits per heavy atom. The van der Waals surface area contributed by atoms with Gasteiger partial charge in [-0.25, -0.2) is 8.42 Å². The van der Waals surface area contributed by atoms with Gasteiger partial charge in [-0.05, 0) is 26.0 Å². The molecule has 98 valence electrons. The summed E-state index contributed by atoms with van der Waals surface area (Å²) in [7, 11) is -3.50. The maximum atomic E-state index is 12.4. The van der Waals surface area contributed by atoms with E-state index in [4.69, 9.17) is 10.00 Å². The Morgan fingerprint density at radius 3 is 2.50 bits per heavy atom. The molecule has 0 amide bonds. The molecule has 7 heteroatoms. The van der Waals surface area contributed by atoms with Gasteiger partial charge in [-0.1, -0.05) is 0 Å². The maximum Gasteiger partial charge on any atom is 0.252 e. The number of thiophene rings is 1. The molecule has 1 fully saturated rings. The zero-order valence-corrected chi connectivity index (χ0v) is 11.8. The van der Waals surface area contributed by atoms with Crippen LogP contribution in [-0.2, 0) is 14.8 Å². The molecule has 0 spiro atoms. The average molecular weight is 286 g/mol. The van der Waals surface area contributed by atoms with Crippen molar-refractivity contribution in [2.45, 2.75) is 30.3 Å². The van der Waals surface area contributed by atoms with Gasteiger partial charge in [-0.15, -0.1) is 11.3 Å².